The molecule has 0 aliphatic rings. The summed E-state index contributed by atoms with van der Waals surface area (Å²) in [5.41, 5.74) is 1.21. The Morgan fingerprint density at radius 3 is 3.18 bits per heavy atom. The molecule has 3 nitrogen and oxygen atoms in total. The van der Waals surface area contributed by atoms with E-state index in [1.807, 2.05) is 12.3 Å². The number of aromatic nitrogens is 1. The van der Waals surface area contributed by atoms with Gasteiger partial charge in [0.05, 0.1) is 6.61 Å². The van der Waals surface area contributed by atoms with Gasteiger partial charge in [-0.1, -0.05) is 0 Å². The Bertz CT molecular complexity index is 172. The van der Waals surface area contributed by atoms with Crippen molar-refractivity contribution in [2.75, 3.05) is 20.3 Å². The van der Waals surface area contributed by atoms with Crippen molar-refractivity contribution in [3.8, 4) is 0 Å². The molecule has 0 radical (unpaired) electrons. The van der Waals surface area contributed by atoms with Crippen LogP contribution in [0.1, 0.15) is 5.69 Å². The van der Waals surface area contributed by atoms with Gasteiger partial charge in [0, 0.05) is 32.1 Å². The van der Waals surface area contributed by atoms with Gasteiger partial charge >= 0.3 is 0 Å². The monoisotopic (exact) mass is 154 g/mol. The molecule has 0 fully saturated rings. The number of aromatic amines is 1. The van der Waals surface area contributed by atoms with Crippen LogP contribution in [0.5, 0.6) is 0 Å². The summed E-state index contributed by atoms with van der Waals surface area (Å²) >= 11 is 0. The third-order valence-electron chi connectivity index (χ3n) is 1.46. The minimum absolute atomic E-state index is 0.765. The average Bonchev–Trinajstić information content (AvgIpc) is 2.50. The zero-order valence-electron chi connectivity index (χ0n) is 6.76. The van der Waals surface area contributed by atoms with E-state index in [4.69, 9.17) is 4.74 Å². The predicted molar refractivity (Wildman–Crippen MR) is 44.4 cm³/mol. The van der Waals surface area contributed by atoms with Gasteiger partial charge < -0.3 is 15.0 Å². The number of methoxy groups -OCH3 is 1. The lowest BCUT2D eigenvalue weighted by molar-refractivity contribution is 0.199. The first-order valence-electron chi connectivity index (χ1n) is 3.75. The van der Waals surface area contributed by atoms with Gasteiger partial charge in [0.25, 0.3) is 0 Å². The fourth-order valence-corrected chi connectivity index (χ4v) is 0.875. The molecule has 0 bridgehead atoms. The highest BCUT2D eigenvalue weighted by Gasteiger charge is 1.89. The van der Waals surface area contributed by atoms with Crippen LogP contribution in [0.25, 0.3) is 0 Å². The van der Waals surface area contributed by atoms with Gasteiger partial charge in [0.2, 0.25) is 0 Å². The highest BCUT2D eigenvalue weighted by Crippen LogP contribution is 1.91. The number of rotatable bonds is 5. The molecule has 0 aromatic carbocycles. The first-order chi connectivity index (χ1) is 5.43. The van der Waals surface area contributed by atoms with Crippen molar-refractivity contribution in [2.24, 2.45) is 0 Å². The largest absolute Gasteiger partial charge is 0.383 e. The maximum atomic E-state index is 4.89. The average molecular weight is 154 g/mol. The Kier molecular flexibility index (Phi) is 3.72. The quantitative estimate of drug-likeness (QED) is 0.614. The minimum Gasteiger partial charge on any atom is -0.383 e. The number of hydrogen-bond donors (Lipinski definition) is 2. The third-order valence-corrected chi connectivity index (χ3v) is 1.46. The molecule has 3 heteroatoms. The smallest absolute Gasteiger partial charge is 0.0587 e. The molecule has 0 unspecified atom stereocenters. The molecule has 1 rings (SSSR count). The van der Waals surface area contributed by atoms with E-state index in [-0.39, 0.29) is 0 Å². The summed E-state index contributed by atoms with van der Waals surface area (Å²) in [6.45, 7) is 2.55. The molecule has 0 saturated carbocycles. The SMILES string of the molecule is COCCNCc1ccc[nH]1. The standard InChI is InChI=1S/C8H14N2O/c1-11-6-5-9-7-8-3-2-4-10-8/h2-4,9-10H,5-7H2,1H3. The lowest BCUT2D eigenvalue weighted by Gasteiger charge is -2.00. The van der Waals surface area contributed by atoms with Gasteiger partial charge in [-0.05, 0) is 12.1 Å². The summed E-state index contributed by atoms with van der Waals surface area (Å²) in [7, 11) is 1.70. The Labute approximate surface area is 66.8 Å². The molecule has 0 amide bonds. The van der Waals surface area contributed by atoms with Crippen LogP contribution in [0.15, 0.2) is 18.3 Å². The predicted octanol–water partition coefficient (Wildman–Crippen LogP) is 0.751. The van der Waals surface area contributed by atoms with Gasteiger partial charge in [-0.2, -0.15) is 0 Å². The molecule has 0 aliphatic heterocycles. The van der Waals surface area contributed by atoms with Crippen LogP contribution in [0, 0.1) is 0 Å². The molecule has 1 aromatic heterocycles. The van der Waals surface area contributed by atoms with Crippen molar-refractivity contribution in [3.63, 3.8) is 0 Å². The first-order valence-corrected chi connectivity index (χ1v) is 3.75. The topological polar surface area (TPSA) is 37.0 Å². The molecule has 0 aliphatic carbocycles. The van der Waals surface area contributed by atoms with E-state index in [1.54, 1.807) is 7.11 Å². The number of ether oxygens (including phenoxy) is 1. The third kappa shape index (κ3) is 3.20. The van der Waals surface area contributed by atoms with Gasteiger partial charge in [0.1, 0.15) is 0 Å². The lowest BCUT2D eigenvalue weighted by atomic mass is 10.4. The summed E-state index contributed by atoms with van der Waals surface area (Å²) in [6, 6.07) is 4.05. The highest BCUT2D eigenvalue weighted by molar-refractivity contribution is 5.02. The van der Waals surface area contributed by atoms with Crippen molar-refractivity contribution in [2.45, 2.75) is 6.54 Å². The van der Waals surface area contributed by atoms with Crippen molar-refractivity contribution in [3.05, 3.63) is 24.0 Å². The zero-order chi connectivity index (χ0) is 7.94. The van der Waals surface area contributed by atoms with E-state index >= 15 is 0 Å². The fourth-order valence-electron chi connectivity index (χ4n) is 0.875. The number of nitrogens with one attached hydrogen (secondary N) is 2. The summed E-state index contributed by atoms with van der Waals surface area (Å²) in [4.78, 5) is 3.11. The van der Waals surface area contributed by atoms with Crippen LogP contribution in [-0.2, 0) is 11.3 Å². The second-order valence-electron chi connectivity index (χ2n) is 2.36. The van der Waals surface area contributed by atoms with E-state index in [0.717, 1.165) is 19.7 Å². The van der Waals surface area contributed by atoms with Crippen LogP contribution >= 0.6 is 0 Å². The fraction of sp³-hybridized carbons (Fsp3) is 0.500. The normalized spacial score (nSPS) is 10.3. The molecule has 62 valence electrons. The summed E-state index contributed by atoms with van der Waals surface area (Å²) in [6.07, 6.45) is 1.92. The summed E-state index contributed by atoms with van der Waals surface area (Å²) in [5.74, 6) is 0. The highest BCUT2D eigenvalue weighted by atomic mass is 16.5. The zero-order valence-corrected chi connectivity index (χ0v) is 6.76. The van der Waals surface area contributed by atoms with Crippen LogP contribution in [0.4, 0.5) is 0 Å². The van der Waals surface area contributed by atoms with Crippen LogP contribution < -0.4 is 5.32 Å². The van der Waals surface area contributed by atoms with E-state index in [1.165, 1.54) is 5.69 Å². The van der Waals surface area contributed by atoms with Crippen LogP contribution in [-0.4, -0.2) is 25.2 Å². The summed E-state index contributed by atoms with van der Waals surface area (Å²) < 4.78 is 4.89. The molecule has 2 N–H and O–H groups in total. The van der Waals surface area contributed by atoms with Gasteiger partial charge in [-0.25, -0.2) is 0 Å². The molecule has 11 heavy (non-hydrogen) atoms. The van der Waals surface area contributed by atoms with Crippen molar-refractivity contribution in [1.82, 2.24) is 10.3 Å². The van der Waals surface area contributed by atoms with Crippen molar-refractivity contribution in [1.29, 1.82) is 0 Å². The Hall–Kier alpha value is -0.800. The van der Waals surface area contributed by atoms with E-state index in [2.05, 4.69) is 16.4 Å². The lowest BCUT2D eigenvalue weighted by Crippen LogP contribution is -2.18. The maximum absolute atomic E-state index is 4.89. The molecule has 0 saturated heterocycles. The second kappa shape index (κ2) is 4.93. The van der Waals surface area contributed by atoms with Gasteiger partial charge in [-0.15, -0.1) is 0 Å². The second-order valence-corrected chi connectivity index (χ2v) is 2.36. The first kappa shape index (κ1) is 8.30. The molecule has 1 aromatic rings. The molecule has 0 spiro atoms. The number of hydrogen-bond acceptors (Lipinski definition) is 2. The molecular formula is C8H14N2O. The van der Waals surface area contributed by atoms with Gasteiger partial charge in [0.15, 0.2) is 0 Å². The molecular weight excluding hydrogens is 140 g/mol. The molecule has 1 heterocycles. The van der Waals surface area contributed by atoms with E-state index in [9.17, 15) is 0 Å². The Balaban J connectivity index is 2.04. The maximum Gasteiger partial charge on any atom is 0.0587 e. The summed E-state index contributed by atoms with van der Waals surface area (Å²) in [5, 5.41) is 3.23. The van der Waals surface area contributed by atoms with E-state index in [0.29, 0.717) is 0 Å². The van der Waals surface area contributed by atoms with Crippen LogP contribution in [0.3, 0.4) is 0 Å². The Morgan fingerprint density at radius 1 is 1.64 bits per heavy atom. The van der Waals surface area contributed by atoms with Crippen LogP contribution in [0.2, 0.25) is 0 Å². The minimum atomic E-state index is 0.765. The van der Waals surface area contributed by atoms with Crippen molar-refractivity contribution >= 4 is 0 Å². The molecule has 0 atom stereocenters. The van der Waals surface area contributed by atoms with E-state index < -0.39 is 0 Å². The Morgan fingerprint density at radius 2 is 2.55 bits per heavy atom. The van der Waals surface area contributed by atoms with Gasteiger partial charge in [-0.3, -0.25) is 0 Å². The number of H-pyrrole nitrogens is 1. The van der Waals surface area contributed by atoms with Crippen molar-refractivity contribution < 1.29 is 4.74 Å².